The first-order valence-electron chi connectivity index (χ1n) is 5.82. The molecule has 0 aliphatic rings. The Morgan fingerprint density at radius 1 is 1.26 bits per heavy atom. The van der Waals surface area contributed by atoms with Gasteiger partial charge in [0.05, 0.1) is 10.2 Å². The summed E-state index contributed by atoms with van der Waals surface area (Å²) in [5, 5.41) is 11.1. The average Bonchev–Trinajstić information content (AvgIpc) is 2.37. The third-order valence-electron chi connectivity index (χ3n) is 3.05. The Morgan fingerprint density at radius 3 is 2.68 bits per heavy atom. The molecule has 0 aliphatic heterocycles. The van der Waals surface area contributed by atoms with Gasteiger partial charge in [-0.1, -0.05) is 41.5 Å². The summed E-state index contributed by atoms with van der Waals surface area (Å²) in [4.78, 5) is 0. The highest BCUT2D eigenvalue weighted by atomic mass is 35.5. The minimum atomic E-state index is 0.166. The minimum absolute atomic E-state index is 0.166. The lowest BCUT2D eigenvalue weighted by atomic mass is 10.1. The van der Waals surface area contributed by atoms with E-state index in [1.807, 2.05) is 29.8 Å². The molecule has 2 nitrogen and oxygen atoms in total. The molecule has 5 heteroatoms. The summed E-state index contributed by atoms with van der Waals surface area (Å²) in [6.45, 7) is 2.56. The first-order chi connectivity index (χ1) is 8.99. The summed E-state index contributed by atoms with van der Waals surface area (Å²) < 4.78 is 2.43. The van der Waals surface area contributed by atoms with Crippen LogP contribution in [0.2, 0.25) is 10.0 Å². The Hall–Kier alpha value is -1.03. The Kier molecular flexibility index (Phi) is 4.50. The molecule has 0 saturated heterocycles. The predicted molar refractivity (Wildman–Crippen MR) is 81.8 cm³/mol. The Labute approximate surface area is 127 Å². The van der Waals surface area contributed by atoms with Crippen molar-refractivity contribution in [3.8, 4) is 5.75 Å². The zero-order valence-corrected chi connectivity index (χ0v) is 12.7. The fourth-order valence-corrected chi connectivity index (χ4v) is 2.58. The number of aryl methyl sites for hydroxylation is 2. The van der Waals surface area contributed by atoms with E-state index in [4.69, 9.17) is 35.4 Å². The van der Waals surface area contributed by atoms with Gasteiger partial charge in [0.1, 0.15) is 0 Å². The molecule has 1 aromatic heterocycles. The highest BCUT2D eigenvalue weighted by molar-refractivity contribution is 7.71. The lowest BCUT2D eigenvalue weighted by molar-refractivity contribution is 0.456. The van der Waals surface area contributed by atoms with Gasteiger partial charge in [-0.05, 0) is 37.1 Å². The van der Waals surface area contributed by atoms with Crippen molar-refractivity contribution in [2.24, 2.45) is 0 Å². The van der Waals surface area contributed by atoms with Crippen LogP contribution in [0.4, 0.5) is 0 Å². The molecular formula is C14H13Cl2NOS. The first kappa shape index (κ1) is 14.4. The van der Waals surface area contributed by atoms with Crippen LogP contribution < -0.4 is 0 Å². The molecule has 19 heavy (non-hydrogen) atoms. The molecule has 0 unspecified atom stereocenters. The lowest BCUT2D eigenvalue weighted by Crippen LogP contribution is -2.05. The summed E-state index contributed by atoms with van der Waals surface area (Å²) in [7, 11) is 0. The van der Waals surface area contributed by atoms with Gasteiger partial charge in [-0.15, -0.1) is 0 Å². The summed E-state index contributed by atoms with van der Waals surface area (Å²) in [5.74, 6) is 0.166. The predicted octanol–water partition coefficient (Wildman–Crippen LogP) is 4.78. The molecule has 1 N–H and O–H groups in total. The van der Waals surface area contributed by atoms with Crippen molar-refractivity contribution in [2.75, 3.05) is 0 Å². The van der Waals surface area contributed by atoms with Crippen molar-refractivity contribution in [2.45, 2.75) is 19.9 Å². The van der Waals surface area contributed by atoms with E-state index in [1.165, 1.54) is 0 Å². The number of halogens is 2. The second-order valence-electron chi connectivity index (χ2n) is 4.29. The number of pyridine rings is 1. The highest BCUT2D eigenvalue weighted by Gasteiger charge is 2.05. The van der Waals surface area contributed by atoms with Gasteiger partial charge < -0.3 is 9.67 Å². The number of hydrogen-bond acceptors (Lipinski definition) is 2. The summed E-state index contributed by atoms with van der Waals surface area (Å²) in [6.07, 6.45) is 2.64. The van der Waals surface area contributed by atoms with E-state index in [0.717, 1.165) is 24.2 Å². The second kappa shape index (κ2) is 5.95. The molecule has 2 aromatic rings. The van der Waals surface area contributed by atoms with Crippen LogP contribution in [-0.2, 0) is 13.0 Å². The highest BCUT2D eigenvalue weighted by Crippen LogP contribution is 2.23. The fourth-order valence-electron chi connectivity index (χ4n) is 1.87. The number of benzene rings is 1. The number of aromatic nitrogens is 1. The maximum absolute atomic E-state index is 9.81. The van der Waals surface area contributed by atoms with Crippen LogP contribution in [0, 0.1) is 11.4 Å². The zero-order chi connectivity index (χ0) is 14.0. The van der Waals surface area contributed by atoms with Crippen molar-refractivity contribution in [1.82, 2.24) is 4.57 Å². The van der Waals surface area contributed by atoms with Gasteiger partial charge in [0.25, 0.3) is 0 Å². The van der Waals surface area contributed by atoms with E-state index in [0.29, 0.717) is 14.6 Å². The smallest absolute Gasteiger partial charge is 0.152 e. The van der Waals surface area contributed by atoms with Crippen LogP contribution in [0.1, 0.15) is 11.3 Å². The molecule has 0 spiro atoms. The van der Waals surface area contributed by atoms with Gasteiger partial charge >= 0.3 is 0 Å². The molecule has 1 aromatic carbocycles. The van der Waals surface area contributed by atoms with Crippen molar-refractivity contribution in [3.63, 3.8) is 0 Å². The molecular weight excluding hydrogens is 301 g/mol. The van der Waals surface area contributed by atoms with Crippen LogP contribution in [0.15, 0.2) is 30.5 Å². The van der Waals surface area contributed by atoms with Crippen LogP contribution in [0.3, 0.4) is 0 Å². The van der Waals surface area contributed by atoms with Gasteiger partial charge in [-0.25, -0.2) is 0 Å². The quantitative estimate of drug-likeness (QED) is 0.825. The standard InChI is InChI=1S/C14H13Cl2NOS/c1-9-14(18)13(19)5-7-17(9)6-4-10-2-3-11(15)8-12(10)16/h2-3,5,7-8,18H,4,6H2,1H3. The molecule has 0 amide bonds. The third-order valence-corrected chi connectivity index (χ3v) is 3.97. The third kappa shape index (κ3) is 3.30. The minimum Gasteiger partial charge on any atom is -0.505 e. The van der Waals surface area contributed by atoms with Crippen molar-refractivity contribution >= 4 is 35.4 Å². The van der Waals surface area contributed by atoms with E-state index < -0.39 is 0 Å². The van der Waals surface area contributed by atoms with Crippen LogP contribution in [0.25, 0.3) is 0 Å². The van der Waals surface area contributed by atoms with Crippen molar-refractivity contribution < 1.29 is 5.11 Å². The number of nitrogens with zero attached hydrogens (tertiary/aromatic N) is 1. The fraction of sp³-hybridized carbons (Fsp3) is 0.214. The monoisotopic (exact) mass is 313 g/mol. The topological polar surface area (TPSA) is 25.2 Å². The SMILES string of the molecule is Cc1c(O)c(=S)ccn1CCc1ccc(Cl)cc1Cl. The van der Waals surface area contributed by atoms with E-state index in [2.05, 4.69) is 0 Å². The normalized spacial score (nSPS) is 10.7. The van der Waals surface area contributed by atoms with Crippen LogP contribution in [0.5, 0.6) is 5.75 Å². The maximum atomic E-state index is 9.81. The number of rotatable bonds is 3. The van der Waals surface area contributed by atoms with Gasteiger partial charge in [-0.2, -0.15) is 0 Å². The molecule has 1 heterocycles. The molecule has 0 fully saturated rings. The Morgan fingerprint density at radius 2 is 2.00 bits per heavy atom. The second-order valence-corrected chi connectivity index (χ2v) is 5.58. The summed E-state index contributed by atoms with van der Waals surface area (Å²) >= 11 is 17.0. The van der Waals surface area contributed by atoms with Crippen molar-refractivity contribution in [1.29, 1.82) is 0 Å². The van der Waals surface area contributed by atoms with Gasteiger partial charge in [0.2, 0.25) is 0 Å². The summed E-state index contributed by atoms with van der Waals surface area (Å²) in [5.41, 5.74) is 1.79. The molecule has 0 aliphatic carbocycles. The molecule has 0 saturated carbocycles. The Balaban J connectivity index is 2.19. The van der Waals surface area contributed by atoms with E-state index in [9.17, 15) is 5.11 Å². The van der Waals surface area contributed by atoms with E-state index in [1.54, 1.807) is 12.1 Å². The Bertz CT molecular complexity index is 667. The number of hydrogen-bond donors (Lipinski definition) is 1. The zero-order valence-electron chi connectivity index (χ0n) is 10.4. The lowest BCUT2D eigenvalue weighted by Gasteiger charge is -2.12. The first-order valence-corrected chi connectivity index (χ1v) is 6.98. The van der Waals surface area contributed by atoms with Crippen LogP contribution in [-0.4, -0.2) is 9.67 Å². The molecule has 2 rings (SSSR count). The van der Waals surface area contributed by atoms with E-state index in [-0.39, 0.29) is 5.75 Å². The van der Waals surface area contributed by atoms with Crippen molar-refractivity contribution in [3.05, 3.63) is 56.3 Å². The molecule has 100 valence electrons. The molecule has 0 bridgehead atoms. The number of aromatic hydroxyl groups is 1. The van der Waals surface area contributed by atoms with Gasteiger partial charge in [-0.3, -0.25) is 0 Å². The maximum Gasteiger partial charge on any atom is 0.152 e. The average molecular weight is 314 g/mol. The molecule has 0 atom stereocenters. The van der Waals surface area contributed by atoms with Gasteiger partial charge in [0.15, 0.2) is 5.75 Å². The largest absolute Gasteiger partial charge is 0.505 e. The molecule has 0 radical (unpaired) electrons. The summed E-state index contributed by atoms with van der Waals surface area (Å²) in [6, 6.07) is 7.20. The van der Waals surface area contributed by atoms with Gasteiger partial charge in [0, 0.05) is 22.8 Å². The van der Waals surface area contributed by atoms with Crippen LogP contribution >= 0.6 is 35.4 Å². The van der Waals surface area contributed by atoms with E-state index >= 15 is 0 Å².